The molecular weight excluding hydrogens is 422 g/mol. The summed E-state index contributed by atoms with van der Waals surface area (Å²) >= 11 is 5.94. The third kappa shape index (κ3) is 4.80. The summed E-state index contributed by atoms with van der Waals surface area (Å²) in [6.45, 7) is 3.60. The molecule has 2 N–H and O–H groups in total. The molecule has 0 radical (unpaired) electrons. The van der Waals surface area contributed by atoms with Gasteiger partial charge in [-0.1, -0.05) is 11.6 Å². The van der Waals surface area contributed by atoms with Gasteiger partial charge in [0.05, 0.1) is 25.7 Å². The molecule has 9 heteroatoms. The second-order valence-electron chi connectivity index (χ2n) is 6.66. The number of nitrogens with zero attached hydrogens (tertiary/aromatic N) is 1. The van der Waals surface area contributed by atoms with E-state index in [1.807, 2.05) is 0 Å². The summed E-state index contributed by atoms with van der Waals surface area (Å²) < 4.78 is 11.6. The van der Waals surface area contributed by atoms with Crippen molar-refractivity contribution in [1.29, 1.82) is 0 Å². The van der Waals surface area contributed by atoms with Gasteiger partial charge < -0.3 is 9.47 Å². The van der Waals surface area contributed by atoms with Crippen LogP contribution in [0.25, 0.3) is 10.9 Å². The zero-order valence-electron chi connectivity index (χ0n) is 17.3. The summed E-state index contributed by atoms with van der Waals surface area (Å²) in [5.41, 5.74) is 6.83. The van der Waals surface area contributed by atoms with Crippen LogP contribution in [0.5, 0.6) is 5.75 Å². The highest BCUT2D eigenvalue weighted by atomic mass is 35.5. The monoisotopic (exact) mass is 443 g/mol. The molecule has 0 aliphatic heterocycles. The highest BCUT2D eigenvalue weighted by Gasteiger charge is 2.22. The fourth-order valence-corrected chi connectivity index (χ4v) is 3.41. The third-order valence-corrected chi connectivity index (χ3v) is 5.00. The lowest BCUT2D eigenvalue weighted by Gasteiger charge is -2.09. The maximum absolute atomic E-state index is 13.2. The van der Waals surface area contributed by atoms with Crippen molar-refractivity contribution < 1.29 is 23.9 Å². The Kier molecular flexibility index (Phi) is 6.81. The Morgan fingerprint density at radius 3 is 2.42 bits per heavy atom. The summed E-state index contributed by atoms with van der Waals surface area (Å²) in [5.74, 6) is -0.118. The van der Waals surface area contributed by atoms with Gasteiger partial charge in [0.15, 0.2) is 0 Å². The van der Waals surface area contributed by atoms with Crippen LogP contribution in [0.4, 0.5) is 4.79 Å². The van der Waals surface area contributed by atoms with E-state index in [1.165, 1.54) is 0 Å². The molecule has 0 saturated heterocycles. The molecule has 0 fully saturated rings. The average Bonchev–Trinajstić information content (AvgIpc) is 3.03. The molecule has 0 unspecified atom stereocenters. The Balaban J connectivity index is 1.99. The highest BCUT2D eigenvalue weighted by Crippen LogP contribution is 2.30. The normalized spacial score (nSPS) is 10.6. The van der Waals surface area contributed by atoms with Crippen molar-refractivity contribution in [3.63, 3.8) is 0 Å². The summed E-state index contributed by atoms with van der Waals surface area (Å²) in [4.78, 5) is 37.1. The topological polar surface area (TPSA) is 98.7 Å². The minimum Gasteiger partial charge on any atom is -0.497 e. The molecule has 8 nitrogen and oxygen atoms in total. The molecule has 2 aromatic carbocycles. The maximum atomic E-state index is 13.2. The van der Waals surface area contributed by atoms with Gasteiger partial charge in [0, 0.05) is 21.7 Å². The van der Waals surface area contributed by atoms with E-state index in [9.17, 15) is 14.4 Å². The lowest BCUT2D eigenvalue weighted by atomic mass is 10.1. The number of ether oxygens (including phenoxy) is 2. The molecule has 0 saturated carbocycles. The summed E-state index contributed by atoms with van der Waals surface area (Å²) in [5, 5.41) is 1.23. The fraction of sp³-hybridized carbons (Fsp3) is 0.227. The van der Waals surface area contributed by atoms with E-state index in [0.29, 0.717) is 38.5 Å². The van der Waals surface area contributed by atoms with E-state index in [0.717, 1.165) is 0 Å². The second kappa shape index (κ2) is 9.53. The van der Waals surface area contributed by atoms with E-state index >= 15 is 0 Å². The number of hydrogen-bond donors (Lipinski definition) is 2. The molecule has 31 heavy (non-hydrogen) atoms. The molecule has 0 atom stereocenters. The number of benzene rings is 2. The summed E-state index contributed by atoms with van der Waals surface area (Å²) in [7, 11) is 1.54. The first kappa shape index (κ1) is 22.2. The van der Waals surface area contributed by atoms with Crippen molar-refractivity contribution in [2.75, 3.05) is 13.7 Å². The van der Waals surface area contributed by atoms with E-state index in [2.05, 4.69) is 10.9 Å². The van der Waals surface area contributed by atoms with E-state index in [1.54, 1.807) is 68.0 Å². The Morgan fingerprint density at radius 2 is 1.77 bits per heavy atom. The number of aromatic nitrogens is 1. The van der Waals surface area contributed by atoms with Crippen LogP contribution in [0.2, 0.25) is 5.02 Å². The van der Waals surface area contributed by atoms with Gasteiger partial charge in [-0.2, -0.15) is 0 Å². The number of nitrogens with one attached hydrogen (secondary N) is 2. The first-order valence-electron chi connectivity index (χ1n) is 9.55. The summed E-state index contributed by atoms with van der Waals surface area (Å²) in [6, 6.07) is 11.9. The number of rotatable bonds is 5. The average molecular weight is 444 g/mol. The van der Waals surface area contributed by atoms with Crippen LogP contribution in [0, 0.1) is 6.92 Å². The standard InChI is InChI=1S/C22H22ClN3O5/c1-4-31-22(29)25-24-20(27)12-17-13(2)26(19-10-9-16(30-3)11-18(17)19)21(28)14-5-7-15(23)8-6-14/h5-11H,4,12H2,1-3H3,(H,24,27)(H,25,29). The largest absolute Gasteiger partial charge is 0.497 e. The predicted molar refractivity (Wildman–Crippen MR) is 116 cm³/mol. The van der Waals surface area contributed by atoms with Crippen molar-refractivity contribution in [1.82, 2.24) is 15.4 Å². The fourth-order valence-electron chi connectivity index (χ4n) is 3.29. The van der Waals surface area contributed by atoms with Crippen LogP contribution in [-0.2, 0) is 16.0 Å². The molecule has 0 spiro atoms. The number of carbonyl (C=O) groups is 3. The Morgan fingerprint density at radius 1 is 1.06 bits per heavy atom. The first-order valence-corrected chi connectivity index (χ1v) is 9.93. The maximum Gasteiger partial charge on any atom is 0.426 e. The van der Waals surface area contributed by atoms with Crippen LogP contribution >= 0.6 is 11.6 Å². The number of amides is 2. The molecule has 1 heterocycles. The first-order chi connectivity index (χ1) is 14.8. The lowest BCUT2D eigenvalue weighted by molar-refractivity contribution is -0.121. The van der Waals surface area contributed by atoms with E-state index in [4.69, 9.17) is 21.1 Å². The molecule has 1 aromatic heterocycles. The minimum absolute atomic E-state index is 0.0667. The van der Waals surface area contributed by atoms with Crippen LogP contribution in [-0.4, -0.2) is 36.2 Å². The van der Waals surface area contributed by atoms with Gasteiger partial charge in [0.25, 0.3) is 5.91 Å². The van der Waals surface area contributed by atoms with Crippen molar-refractivity contribution in [3.05, 3.63) is 64.3 Å². The summed E-state index contributed by atoms with van der Waals surface area (Å²) in [6.07, 6.45) is -0.822. The zero-order valence-corrected chi connectivity index (χ0v) is 18.1. The van der Waals surface area contributed by atoms with E-state index < -0.39 is 12.0 Å². The van der Waals surface area contributed by atoms with Gasteiger partial charge in [-0.05, 0) is 61.9 Å². The van der Waals surface area contributed by atoms with E-state index in [-0.39, 0.29) is 18.9 Å². The second-order valence-corrected chi connectivity index (χ2v) is 7.10. The number of methoxy groups -OCH3 is 1. The number of halogens is 1. The number of carbonyl (C=O) groups excluding carboxylic acids is 3. The molecule has 0 aliphatic rings. The SMILES string of the molecule is CCOC(=O)NNC(=O)Cc1c(C)n(C(=O)c2ccc(Cl)cc2)c2ccc(OC)cc12. The number of fused-ring (bicyclic) bond motifs is 1. The van der Waals surface area contributed by atoms with Crippen LogP contribution < -0.4 is 15.6 Å². The van der Waals surface area contributed by atoms with Crippen molar-refractivity contribution in [2.45, 2.75) is 20.3 Å². The molecule has 2 amide bonds. The van der Waals surface area contributed by atoms with Crippen LogP contribution in [0.1, 0.15) is 28.5 Å². The van der Waals surface area contributed by atoms with Crippen molar-refractivity contribution in [3.8, 4) is 5.75 Å². The molecular formula is C22H22ClN3O5. The van der Waals surface area contributed by atoms with Gasteiger partial charge in [-0.3, -0.25) is 19.6 Å². The van der Waals surface area contributed by atoms with Crippen LogP contribution in [0.3, 0.4) is 0 Å². The molecule has 0 aliphatic carbocycles. The van der Waals surface area contributed by atoms with Gasteiger partial charge in [-0.15, -0.1) is 0 Å². The predicted octanol–water partition coefficient (Wildman–Crippen LogP) is 3.62. The minimum atomic E-state index is -0.755. The van der Waals surface area contributed by atoms with Gasteiger partial charge in [0.1, 0.15) is 5.75 Å². The Labute approximate surface area is 184 Å². The smallest absolute Gasteiger partial charge is 0.426 e. The number of hydrazine groups is 1. The number of hydrogen-bond acceptors (Lipinski definition) is 5. The zero-order chi connectivity index (χ0) is 22.5. The molecule has 162 valence electrons. The van der Waals surface area contributed by atoms with Gasteiger partial charge in [0.2, 0.25) is 5.91 Å². The van der Waals surface area contributed by atoms with Gasteiger partial charge >= 0.3 is 6.09 Å². The highest BCUT2D eigenvalue weighted by molar-refractivity contribution is 6.30. The molecule has 3 aromatic rings. The molecule has 3 rings (SSSR count). The quantitative estimate of drug-likeness (QED) is 0.587. The Bertz CT molecular complexity index is 1140. The Hall–Kier alpha value is -3.52. The lowest BCUT2D eigenvalue weighted by Crippen LogP contribution is -2.42. The van der Waals surface area contributed by atoms with Crippen LogP contribution in [0.15, 0.2) is 42.5 Å². The molecule has 0 bridgehead atoms. The van der Waals surface area contributed by atoms with Gasteiger partial charge in [-0.25, -0.2) is 10.2 Å². The van der Waals surface area contributed by atoms with Crippen molar-refractivity contribution >= 4 is 40.4 Å². The third-order valence-electron chi connectivity index (χ3n) is 4.75. The van der Waals surface area contributed by atoms with Crippen molar-refractivity contribution in [2.24, 2.45) is 0 Å².